The second-order valence-electron chi connectivity index (χ2n) is 4.38. The van der Waals surface area contributed by atoms with Crippen molar-refractivity contribution in [3.05, 3.63) is 0 Å². The number of ether oxygens (including phenoxy) is 1. The van der Waals surface area contributed by atoms with Crippen LogP contribution in [0.25, 0.3) is 0 Å². The van der Waals surface area contributed by atoms with E-state index in [1.807, 2.05) is 0 Å². The van der Waals surface area contributed by atoms with E-state index in [0.29, 0.717) is 0 Å². The number of aliphatic hydroxyl groups is 3. The largest absolute Gasteiger partial charge is 0.394 e. The van der Waals surface area contributed by atoms with Crippen molar-refractivity contribution in [1.29, 1.82) is 0 Å². The number of nitrogens with zero attached hydrogens (tertiary/aromatic N) is 1. The predicted octanol–water partition coefficient (Wildman–Crippen LogP) is -2.01. The van der Waals surface area contributed by atoms with Gasteiger partial charge in [-0.2, -0.15) is 0 Å². The van der Waals surface area contributed by atoms with Crippen LogP contribution in [0.3, 0.4) is 0 Å². The number of carbonyl (C=O) groups excluding carboxylic acids is 1. The average molecular weight is 248 g/mol. The zero-order valence-corrected chi connectivity index (χ0v) is 10.0. The lowest BCUT2D eigenvalue weighted by atomic mass is 9.92. The Balaban J connectivity index is 2.43. The summed E-state index contributed by atoms with van der Waals surface area (Å²) < 4.78 is 5.19. The van der Waals surface area contributed by atoms with Gasteiger partial charge in [0.15, 0.2) is 0 Å². The Morgan fingerprint density at radius 2 is 2.06 bits per heavy atom. The van der Waals surface area contributed by atoms with Crippen molar-refractivity contribution in [3.8, 4) is 0 Å². The molecular weight excluding hydrogens is 228 g/mol. The molecule has 0 aromatic rings. The third kappa shape index (κ3) is 3.53. The van der Waals surface area contributed by atoms with Crippen LogP contribution in [0.4, 0.5) is 4.79 Å². The van der Waals surface area contributed by atoms with Crippen molar-refractivity contribution in [2.45, 2.75) is 18.3 Å². The van der Waals surface area contributed by atoms with E-state index in [-0.39, 0.29) is 31.7 Å². The van der Waals surface area contributed by atoms with Crippen molar-refractivity contribution < 1.29 is 24.9 Å². The zero-order valence-electron chi connectivity index (χ0n) is 10.0. The van der Waals surface area contributed by atoms with E-state index in [9.17, 15) is 15.0 Å². The fourth-order valence-corrected chi connectivity index (χ4v) is 1.66. The van der Waals surface area contributed by atoms with Crippen LogP contribution in [0.15, 0.2) is 0 Å². The molecule has 0 radical (unpaired) electrons. The van der Waals surface area contributed by atoms with Gasteiger partial charge in [0.25, 0.3) is 0 Å². The summed E-state index contributed by atoms with van der Waals surface area (Å²) in [5.41, 5.74) is 0. The Morgan fingerprint density at radius 3 is 2.59 bits per heavy atom. The highest BCUT2D eigenvalue weighted by Crippen LogP contribution is 2.19. The number of urea groups is 1. The summed E-state index contributed by atoms with van der Waals surface area (Å²) in [5.74, 6) is -0.378. The SMILES string of the molecule is CN(C)C(=O)NC[C@@H]1CO[C@H](CO)[C@H](O)[C@@H]1O. The Hall–Kier alpha value is -0.890. The molecule has 1 rings (SSSR count). The smallest absolute Gasteiger partial charge is 0.316 e. The number of hydrogen-bond donors (Lipinski definition) is 4. The van der Waals surface area contributed by atoms with Gasteiger partial charge >= 0.3 is 6.03 Å². The summed E-state index contributed by atoms with van der Waals surface area (Å²) in [7, 11) is 3.22. The molecule has 1 aliphatic rings. The molecule has 0 aliphatic carbocycles. The lowest BCUT2D eigenvalue weighted by Gasteiger charge is -2.37. The maximum Gasteiger partial charge on any atom is 0.316 e. The van der Waals surface area contributed by atoms with Gasteiger partial charge in [-0.1, -0.05) is 0 Å². The van der Waals surface area contributed by atoms with Gasteiger partial charge in [-0.25, -0.2) is 4.79 Å². The first-order chi connectivity index (χ1) is 7.97. The highest BCUT2D eigenvalue weighted by atomic mass is 16.5. The van der Waals surface area contributed by atoms with Gasteiger partial charge in [0.1, 0.15) is 12.2 Å². The first kappa shape index (κ1) is 14.2. The van der Waals surface area contributed by atoms with Crippen molar-refractivity contribution in [2.24, 2.45) is 5.92 Å². The van der Waals surface area contributed by atoms with Gasteiger partial charge < -0.3 is 30.3 Å². The van der Waals surface area contributed by atoms with Gasteiger partial charge in [0, 0.05) is 26.6 Å². The van der Waals surface area contributed by atoms with Crippen LogP contribution >= 0.6 is 0 Å². The third-order valence-electron chi connectivity index (χ3n) is 2.84. The molecule has 100 valence electrons. The van der Waals surface area contributed by atoms with Crippen LogP contribution in [-0.4, -0.2) is 78.4 Å². The first-order valence-corrected chi connectivity index (χ1v) is 5.51. The molecule has 0 aromatic heterocycles. The highest BCUT2D eigenvalue weighted by molar-refractivity contribution is 5.73. The van der Waals surface area contributed by atoms with Gasteiger partial charge in [-0.15, -0.1) is 0 Å². The monoisotopic (exact) mass is 248 g/mol. The van der Waals surface area contributed by atoms with Gasteiger partial charge in [-0.05, 0) is 0 Å². The van der Waals surface area contributed by atoms with E-state index in [1.54, 1.807) is 14.1 Å². The number of carbonyl (C=O) groups is 1. The molecule has 0 spiro atoms. The predicted molar refractivity (Wildman–Crippen MR) is 59.4 cm³/mol. The summed E-state index contributed by atoms with van der Waals surface area (Å²) in [6, 6.07) is -0.268. The number of hydrogen-bond acceptors (Lipinski definition) is 5. The molecule has 1 saturated heterocycles. The molecule has 4 atom stereocenters. The standard InChI is InChI=1S/C10H20N2O5/c1-12(2)10(16)11-3-6-5-17-7(4-13)9(15)8(6)14/h6-9,13-15H,3-5H2,1-2H3,(H,11,16)/t6-,7-,8-,9+/m1/s1. The maximum atomic E-state index is 11.3. The molecule has 0 unspecified atom stereocenters. The van der Waals surface area contributed by atoms with E-state index in [1.165, 1.54) is 4.90 Å². The topological polar surface area (TPSA) is 102 Å². The van der Waals surface area contributed by atoms with E-state index in [2.05, 4.69) is 5.32 Å². The normalized spacial score (nSPS) is 33.2. The summed E-state index contributed by atoms with van der Waals surface area (Å²) in [5, 5.41) is 30.9. The minimum Gasteiger partial charge on any atom is -0.394 e. The molecule has 1 fully saturated rings. The van der Waals surface area contributed by atoms with E-state index in [4.69, 9.17) is 9.84 Å². The summed E-state index contributed by atoms with van der Waals surface area (Å²) in [6.45, 7) is 0.0690. The van der Waals surface area contributed by atoms with E-state index < -0.39 is 18.3 Å². The fourth-order valence-electron chi connectivity index (χ4n) is 1.66. The van der Waals surface area contributed by atoms with E-state index in [0.717, 1.165) is 0 Å². The van der Waals surface area contributed by atoms with Gasteiger partial charge in [0.2, 0.25) is 0 Å². The van der Waals surface area contributed by atoms with Gasteiger partial charge in [-0.3, -0.25) is 0 Å². The average Bonchev–Trinajstić information content (AvgIpc) is 2.30. The van der Waals surface area contributed by atoms with Crippen molar-refractivity contribution in [2.75, 3.05) is 33.9 Å². The molecular formula is C10H20N2O5. The minimum atomic E-state index is -1.13. The Bertz CT molecular complexity index is 261. The number of rotatable bonds is 3. The minimum absolute atomic E-state index is 0.192. The molecule has 4 N–H and O–H groups in total. The second kappa shape index (κ2) is 6.15. The van der Waals surface area contributed by atoms with Crippen LogP contribution < -0.4 is 5.32 Å². The molecule has 0 aromatic carbocycles. The summed E-state index contributed by atoms with van der Waals surface area (Å²) >= 11 is 0. The fraction of sp³-hybridized carbons (Fsp3) is 0.900. The van der Waals surface area contributed by atoms with Crippen molar-refractivity contribution in [3.63, 3.8) is 0 Å². The molecule has 2 amide bonds. The Morgan fingerprint density at radius 1 is 1.41 bits per heavy atom. The molecule has 1 heterocycles. The first-order valence-electron chi connectivity index (χ1n) is 5.51. The van der Waals surface area contributed by atoms with Crippen LogP contribution in [0.1, 0.15) is 0 Å². The van der Waals surface area contributed by atoms with E-state index >= 15 is 0 Å². The van der Waals surface area contributed by atoms with Gasteiger partial charge in [0.05, 0.1) is 19.3 Å². The molecule has 0 saturated carbocycles. The molecule has 17 heavy (non-hydrogen) atoms. The number of amides is 2. The zero-order chi connectivity index (χ0) is 13.0. The third-order valence-corrected chi connectivity index (χ3v) is 2.84. The van der Waals surface area contributed by atoms with Crippen LogP contribution in [-0.2, 0) is 4.74 Å². The van der Waals surface area contributed by atoms with Crippen LogP contribution in [0.2, 0.25) is 0 Å². The maximum absolute atomic E-state index is 11.3. The molecule has 1 aliphatic heterocycles. The van der Waals surface area contributed by atoms with Crippen molar-refractivity contribution >= 4 is 6.03 Å². The lowest BCUT2D eigenvalue weighted by molar-refractivity contribution is -0.173. The van der Waals surface area contributed by atoms with Crippen molar-refractivity contribution in [1.82, 2.24) is 10.2 Å². The Kier molecular flexibility index (Phi) is 5.13. The molecule has 7 heteroatoms. The molecule has 0 bridgehead atoms. The quantitative estimate of drug-likeness (QED) is 0.462. The number of nitrogens with one attached hydrogen (secondary N) is 1. The Labute approximate surface area is 100.0 Å². The van der Waals surface area contributed by atoms with Crippen LogP contribution in [0, 0.1) is 5.92 Å². The van der Waals surface area contributed by atoms with Crippen LogP contribution in [0.5, 0.6) is 0 Å². The second-order valence-corrected chi connectivity index (χ2v) is 4.38. The highest BCUT2D eigenvalue weighted by Gasteiger charge is 2.37. The number of aliphatic hydroxyl groups excluding tert-OH is 3. The molecule has 7 nitrogen and oxygen atoms in total. The summed E-state index contributed by atoms with van der Waals surface area (Å²) in [4.78, 5) is 12.7. The lowest BCUT2D eigenvalue weighted by Crippen LogP contribution is -2.54. The summed E-state index contributed by atoms with van der Waals surface area (Å²) in [6.07, 6.45) is -2.90.